The van der Waals surface area contributed by atoms with Crippen LogP contribution in [0, 0.1) is 0 Å². The number of hydrogen-bond donors (Lipinski definition) is 0. The number of anilines is 3. The van der Waals surface area contributed by atoms with Crippen LogP contribution in [0.15, 0.2) is 200 Å². The van der Waals surface area contributed by atoms with E-state index in [4.69, 9.17) is 0 Å². The third-order valence-electron chi connectivity index (χ3n) is 13.3. The topological polar surface area (TPSA) is 3.24 Å². The molecule has 57 heavy (non-hydrogen) atoms. The van der Waals surface area contributed by atoms with Crippen molar-refractivity contribution in [3.63, 3.8) is 0 Å². The molecule has 0 saturated carbocycles. The summed E-state index contributed by atoms with van der Waals surface area (Å²) in [6.07, 6.45) is 0. The Morgan fingerprint density at radius 3 is 1.35 bits per heavy atom. The van der Waals surface area contributed by atoms with Crippen LogP contribution in [-0.4, -0.2) is 0 Å². The van der Waals surface area contributed by atoms with Crippen molar-refractivity contribution in [2.45, 2.75) is 24.7 Å². The second-order valence-corrected chi connectivity index (χ2v) is 16.4. The molecule has 0 aromatic heterocycles. The Bertz CT molecular complexity index is 3040. The average molecular weight is 726 g/mol. The second-order valence-electron chi connectivity index (χ2n) is 16.4. The molecule has 0 N–H and O–H groups in total. The molecule has 9 aromatic rings. The van der Waals surface area contributed by atoms with E-state index in [2.05, 4.69) is 219 Å². The predicted octanol–water partition coefficient (Wildman–Crippen LogP) is 14.6. The van der Waals surface area contributed by atoms with E-state index in [1.807, 2.05) is 0 Å². The van der Waals surface area contributed by atoms with Crippen LogP contribution >= 0.6 is 0 Å². The number of rotatable bonds is 4. The molecule has 0 aliphatic heterocycles. The first-order valence-corrected chi connectivity index (χ1v) is 20.1. The lowest BCUT2D eigenvalue weighted by molar-refractivity contribution is 0.660. The van der Waals surface area contributed by atoms with Gasteiger partial charge in [-0.1, -0.05) is 178 Å². The molecule has 268 valence electrons. The zero-order chi connectivity index (χ0) is 37.9. The summed E-state index contributed by atoms with van der Waals surface area (Å²) in [6, 6.07) is 75.0. The first-order chi connectivity index (χ1) is 28.0. The van der Waals surface area contributed by atoms with Gasteiger partial charge in [-0.3, -0.25) is 0 Å². The summed E-state index contributed by atoms with van der Waals surface area (Å²) in [7, 11) is 0. The Labute approximate surface area is 334 Å². The van der Waals surface area contributed by atoms with Crippen molar-refractivity contribution in [1.82, 2.24) is 0 Å². The minimum Gasteiger partial charge on any atom is -0.310 e. The monoisotopic (exact) mass is 725 g/mol. The van der Waals surface area contributed by atoms with E-state index in [0.717, 1.165) is 17.1 Å². The van der Waals surface area contributed by atoms with Crippen LogP contribution in [0.25, 0.3) is 55.3 Å². The van der Waals surface area contributed by atoms with Crippen molar-refractivity contribution >= 4 is 27.8 Å². The highest BCUT2D eigenvalue weighted by molar-refractivity contribution is 5.98. The van der Waals surface area contributed by atoms with Gasteiger partial charge >= 0.3 is 0 Å². The van der Waals surface area contributed by atoms with Crippen LogP contribution < -0.4 is 4.90 Å². The molecule has 9 aromatic carbocycles. The molecule has 0 bridgehead atoms. The van der Waals surface area contributed by atoms with E-state index in [1.54, 1.807) is 0 Å². The second kappa shape index (κ2) is 11.8. The first kappa shape index (κ1) is 32.3. The fourth-order valence-electron chi connectivity index (χ4n) is 10.8. The maximum Gasteiger partial charge on any atom is 0.0726 e. The van der Waals surface area contributed by atoms with Crippen LogP contribution in [0.2, 0.25) is 0 Å². The van der Waals surface area contributed by atoms with Gasteiger partial charge in [0.05, 0.1) is 5.41 Å². The summed E-state index contributed by atoms with van der Waals surface area (Å²) >= 11 is 0. The molecule has 3 aliphatic rings. The van der Waals surface area contributed by atoms with Gasteiger partial charge in [-0.05, 0) is 125 Å². The molecule has 0 amide bonds. The summed E-state index contributed by atoms with van der Waals surface area (Å²) < 4.78 is 0. The fourth-order valence-corrected chi connectivity index (χ4v) is 10.8. The molecular formula is C56H39N. The van der Waals surface area contributed by atoms with Gasteiger partial charge in [0, 0.05) is 22.5 Å². The molecule has 3 aliphatic carbocycles. The summed E-state index contributed by atoms with van der Waals surface area (Å²) in [5.41, 5.74) is 21.5. The van der Waals surface area contributed by atoms with Gasteiger partial charge in [-0.15, -0.1) is 0 Å². The molecular weight excluding hydrogens is 687 g/mol. The van der Waals surface area contributed by atoms with E-state index >= 15 is 0 Å². The molecule has 1 nitrogen and oxygen atoms in total. The summed E-state index contributed by atoms with van der Waals surface area (Å²) in [5.74, 6) is 0. The van der Waals surface area contributed by atoms with Gasteiger partial charge in [0.15, 0.2) is 0 Å². The van der Waals surface area contributed by atoms with Crippen molar-refractivity contribution in [3.8, 4) is 44.5 Å². The van der Waals surface area contributed by atoms with E-state index in [9.17, 15) is 0 Å². The zero-order valence-electron chi connectivity index (χ0n) is 32.0. The number of hydrogen-bond acceptors (Lipinski definition) is 1. The molecule has 0 heterocycles. The lowest BCUT2D eigenvalue weighted by Crippen LogP contribution is -2.26. The van der Waals surface area contributed by atoms with Crippen molar-refractivity contribution in [2.75, 3.05) is 4.90 Å². The van der Waals surface area contributed by atoms with Gasteiger partial charge in [0.25, 0.3) is 0 Å². The smallest absolute Gasteiger partial charge is 0.0726 e. The van der Waals surface area contributed by atoms with E-state index in [-0.39, 0.29) is 5.41 Å². The lowest BCUT2D eigenvalue weighted by atomic mass is 9.70. The van der Waals surface area contributed by atoms with Crippen molar-refractivity contribution in [3.05, 3.63) is 234 Å². The average Bonchev–Trinajstić information content (AvgIpc) is 3.82. The van der Waals surface area contributed by atoms with Crippen LogP contribution in [0.1, 0.15) is 47.2 Å². The summed E-state index contributed by atoms with van der Waals surface area (Å²) in [4.78, 5) is 2.48. The van der Waals surface area contributed by atoms with Crippen LogP contribution in [0.5, 0.6) is 0 Å². The molecule has 12 rings (SSSR count). The van der Waals surface area contributed by atoms with Crippen LogP contribution in [0.4, 0.5) is 17.1 Å². The third-order valence-corrected chi connectivity index (χ3v) is 13.3. The maximum atomic E-state index is 2.50. The van der Waals surface area contributed by atoms with Gasteiger partial charge in [-0.2, -0.15) is 0 Å². The molecule has 0 radical (unpaired) electrons. The van der Waals surface area contributed by atoms with Crippen LogP contribution in [-0.2, 0) is 10.8 Å². The highest BCUT2D eigenvalue weighted by atomic mass is 15.1. The lowest BCUT2D eigenvalue weighted by Gasteiger charge is -2.32. The maximum absolute atomic E-state index is 2.50. The standard InChI is InChI=1S/C56H39N/c1-55(2)49-22-9-5-17-43(49)47-32-30-39(34-53(47)55)57(38-28-26-37(27-29-38)42-21-13-15-36-14-3-4-16-41(36)42)40-31-33-48-46-20-8-12-25-52(46)56(54(48)35-40)50-23-10-6-18-44(50)45-19-7-11-24-51(45)56/h3-35H,1-2H3. The van der Waals surface area contributed by atoms with Crippen molar-refractivity contribution in [1.29, 1.82) is 0 Å². The molecule has 1 spiro atoms. The molecule has 0 unspecified atom stereocenters. The van der Waals surface area contributed by atoms with Gasteiger partial charge in [0.2, 0.25) is 0 Å². The van der Waals surface area contributed by atoms with Gasteiger partial charge < -0.3 is 4.90 Å². The molecule has 0 saturated heterocycles. The molecule has 1 heteroatoms. The quantitative estimate of drug-likeness (QED) is 0.175. The Kier molecular flexibility index (Phi) is 6.67. The van der Waals surface area contributed by atoms with Crippen LogP contribution in [0.3, 0.4) is 0 Å². The number of fused-ring (bicyclic) bond motifs is 14. The minimum absolute atomic E-state index is 0.118. The Balaban J connectivity index is 1.09. The van der Waals surface area contributed by atoms with Gasteiger partial charge in [0.1, 0.15) is 0 Å². The Morgan fingerprint density at radius 2 is 0.737 bits per heavy atom. The Hall–Kier alpha value is -6.96. The minimum atomic E-state index is -0.416. The van der Waals surface area contributed by atoms with E-state index < -0.39 is 5.41 Å². The fraction of sp³-hybridized carbons (Fsp3) is 0.0714. The largest absolute Gasteiger partial charge is 0.310 e. The highest BCUT2D eigenvalue weighted by Gasteiger charge is 2.51. The summed E-state index contributed by atoms with van der Waals surface area (Å²) in [5, 5.41) is 2.52. The number of benzene rings is 9. The SMILES string of the molecule is CC1(C)c2ccccc2-c2ccc(N(c3ccc(-c4cccc5ccccc45)cc3)c3ccc4c(c3)C3(c5ccccc5-c5ccccc53)c3ccccc3-4)cc21. The predicted molar refractivity (Wildman–Crippen MR) is 238 cm³/mol. The Morgan fingerprint density at radius 1 is 0.316 bits per heavy atom. The molecule has 0 atom stereocenters. The zero-order valence-corrected chi connectivity index (χ0v) is 32.0. The highest BCUT2D eigenvalue weighted by Crippen LogP contribution is 2.63. The van der Waals surface area contributed by atoms with Gasteiger partial charge in [-0.25, -0.2) is 0 Å². The summed E-state index contributed by atoms with van der Waals surface area (Å²) in [6.45, 7) is 4.74. The third kappa shape index (κ3) is 4.34. The number of nitrogens with zero attached hydrogens (tertiary/aromatic N) is 1. The van der Waals surface area contributed by atoms with Crippen molar-refractivity contribution in [2.24, 2.45) is 0 Å². The van der Waals surface area contributed by atoms with E-state index in [0.29, 0.717) is 0 Å². The van der Waals surface area contributed by atoms with Crippen molar-refractivity contribution < 1.29 is 0 Å². The molecule has 0 fully saturated rings. The normalized spacial score (nSPS) is 14.4. The van der Waals surface area contributed by atoms with E-state index in [1.165, 1.54) is 88.7 Å². The first-order valence-electron chi connectivity index (χ1n) is 20.1.